The Bertz CT molecular complexity index is 557. The van der Waals surface area contributed by atoms with Crippen molar-refractivity contribution in [3.63, 3.8) is 0 Å². The van der Waals surface area contributed by atoms with Crippen LogP contribution in [0.15, 0.2) is 4.52 Å². The average molecular weight is 333 g/mol. The summed E-state index contributed by atoms with van der Waals surface area (Å²) in [5.74, 6) is 3.41. The minimum atomic E-state index is 0.103. The van der Waals surface area contributed by atoms with E-state index in [-0.39, 0.29) is 17.7 Å². The van der Waals surface area contributed by atoms with Crippen LogP contribution in [-0.2, 0) is 4.79 Å². The SMILES string of the molecule is CC[C@H](C)C(=O)N1CCC[C@H](c2nc([C@@H]3CCC[C@H](C)C3)no2)C1. The Morgan fingerprint density at radius 1 is 1.29 bits per heavy atom. The lowest BCUT2D eigenvalue weighted by atomic mass is 9.82. The van der Waals surface area contributed by atoms with Crippen LogP contribution in [-0.4, -0.2) is 34.0 Å². The number of nitrogens with zero attached hydrogens (tertiary/aromatic N) is 3. The van der Waals surface area contributed by atoms with Crippen LogP contribution in [0.4, 0.5) is 0 Å². The summed E-state index contributed by atoms with van der Waals surface area (Å²) >= 11 is 0. The van der Waals surface area contributed by atoms with E-state index >= 15 is 0 Å². The van der Waals surface area contributed by atoms with Gasteiger partial charge in [0.25, 0.3) is 0 Å². The van der Waals surface area contributed by atoms with Gasteiger partial charge in [0, 0.05) is 24.9 Å². The predicted molar refractivity (Wildman–Crippen MR) is 92.7 cm³/mol. The number of piperidine rings is 1. The van der Waals surface area contributed by atoms with Gasteiger partial charge in [0.05, 0.1) is 5.92 Å². The van der Waals surface area contributed by atoms with Gasteiger partial charge in [-0.3, -0.25) is 4.79 Å². The van der Waals surface area contributed by atoms with Gasteiger partial charge in [0.15, 0.2) is 5.82 Å². The molecule has 5 heteroatoms. The number of hydrogen-bond acceptors (Lipinski definition) is 4. The third kappa shape index (κ3) is 3.81. The number of rotatable bonds is 4. The lowest BCUT2D eigenvalue weighted by Gasteiger charge is -2.32. The molecule has 2 fully saturated rings. The molecule has 0 spiro atoms. The molecule has 0 aromatic carbocycles. The second-order valence-corrected chi connectivity index (χ2v) is 7.89. The molecule has 1 aliphatic heterocycles. The van der Waals surface area contributed by atoms with Crippen molar-refractivity contribution in [2.75, 3.05) is 13.1 Å². The molecule has 1 aromatic heterocycles. The monoisotopic (exact) mass is 333 g/mol. The van der Waals surface area contributed by atoms with Gasteiger partial charge < -0.3 is 9.42 Å². The Morgan fingerprint density at radius 2 is 2.08 bits per heavy atom. The van der Waals surface area contributed by atoms with Crippen LogP contribution in [0.25, 0.3) is 0 Å². The number of aromatic nitrogens is 2. The first-order valence-electron chi connectivity index (χ1n) is 9.70. The number of hydrogen-bond donors (Lipinski definition) is 0. The normalized spacial score (nSPS) is 29.5. The summed E-state index contributed by atoms with van der Waals surface area (Å²) in [6.45, 7) is 7.99. The van der Waals surface area contributed by atoms with Crippen molar-refractivity contribution in [1.82, 2.24) is 15.0 Å². The number of carbonyl (C=O) groups is 1. The molecule has 24 heavy (non-hydrogen) atoms. The molecule has 1 amide bonds. The van der Waals surface area contributed by atoms with Crippen molar-refractivity contribution in [2.45, 2.75) is 77.6 Å². The fourth-order valence-electron chi connectivity index (χ4n) is 4.11. The predicted octanol–water partition coefficient (Wildman–Crippen LogP) is 4.12. The van der Waals surface area contributed by atoms with Gasteiger partial charge in [-0.1, -0.05) is 38.8 Å². The summed E-state index contributed by atoms with van der Waals surface area (Å²) < 4.78 is 5.61. The minimum Gasteiger partial charge on any atom is -0.342 e. The van der Waals surface area contributed by atoms with E-state index in [0.29, 0.717) is 5.92 Å². The Balaban J connectivity index is 1.65. The zero-order chi connectivity index (χ0) is 17.1. The fourth-order valence-corrected chi connectivity index (χ4v) is 4.11. The van der Waals surface area contributed by atoms with Crippen molar-refractivity contribution in [3.05, 3.63) is 11.7 Å². The summed E-state index contributed by atoms with van der Waals surface area (Å²) in [4.78, 5) is 19.2. The quantitative estimate of drug-likeness (QED) is 0.832. The summed E-state index contributed by atoms with van der Waals surface area (Å²) in [7, 11) is 0. The van der Waals surface area contributed by atoms with Gasteiger partial charge in [0.1, 0.15) is 0 Å². The van der Waals surface area contributed by atoms with E-state index in [1.54, 1.807) is 0 Å². The highest BCUT2D eigenvalue weighted by Crippen LogP contribution is 2.35. The third-order valence-electron chi connectivity index (χ3n) is 5.88. The first kappa shape index (κ1) is 17.4. The first-order valence-corrected chi connectivity index (χ1v) is 9.70. The van der Waals surface area contributed by atoms with Crippen LogP contribution >= 0.6 is 0 Å². The number of carbonyl (C=O) groups excluding carboxylic acids is 1. The zero-order valence-electron chi connectivity index (χ0n) is 15.3. The molecule has 5 nitrogen and oxygen atoms in total. The van der Waals surface area contributed by atoms with E-state index in [1.807, 2.05) is 11.8 Å². The van der Waals surface area contributed by atoms with Crippen molar-refractivity contribution >= 4 is 5.91 Å². The lowest BCUT2D eigenvalue weighted by molar-refractivity contribution is -0.136. The maximum atomic E-state index is 12.5. The van der Waals surface area contributed by atoms with E-state index in [2.05, 4.69) is 19.0 Å². The fraction of sp³-hybridized carbons (Fsp3) is 0.842. The van der Waals surface area contributed by atoms with E-state index in [9.17, 15) is 4.79 Å². The standard InChI is InChI=1S/C19H31N3O2/c1-4-14(3)19(23)22-10-6-9-16(12-22)18-20-17(21-24-18)15-8-5-7-13(2)11-15/h13-16H,4-12H2,1-3H3/t13-,14-,15+,16-/m0/s1. The average Bonchev–Trinajstić information content (AvgIpc) is 3.11. The molecular weight excluding hydrogens is 302 g/mol. The molecule has 1 saturated heterocycles. The van der Waals surface area contributed by atoms with Gasteiger partial charge in [-0.25, -0.2) is 0 Å². The highest BCUT2D eigenvalue weighted by atomic mass is 16.5. The smallest absolute Gasteiger partial charge is 0.231 e. The van der Waals surface area contributed by atoms with E-state index < -0.39 is 0 Å². The van der Waals surface area contributed by atoms with Crippen molar-refractivity contribution in [2.24, 2.45) is 11.8 Å². The van der Waals surface area contributed by atoms with Gasteiger partial charge in [-0.2, -0.15) is 4.98 Å². The first-order chi connectivity index (χ1) is 11.6. The molecular formula is C19H31N3O2. The molecule has 0 N–H and O–H groups in total. The zero-order valence-corrected chi connectivity index (χ0v) is 15.3. The molecule has 2 heterocycles. The molecule has 3 rings (SSSR count). The highest BCUT2D eigenvalue weighted by molar-refractivity contribution is 5.78. The second-order valence-electron chi connectivity index (χ2n) is 7.89. The minimum absolute atomic E-state index is 0.103. The maximum Gasteiger partial charge on any atom is 0.231 e. The number of amides is 1. The summed E-state index contributed by atoms with van der Waals surface area (Å²) in [5, 5.41) is 4.28. The third-order valence-corrected chi connectivity index (χ3v) is 5.88. The van der Waals surface area contributed by atoms with Gasteiger partial charge >= 0.3 is 0 Å². The molecule has 0 unspecified atom stereocenters. The molecule has 1 saturated carbocycles. The van der Waals surface area contributed by atoms with Crippen molar-refractivity contribution < 1.29 is 9.32 Å². The van der Waals surface area contributed by atoms with Gasteiger partial charge in [0.2, 0.25) is 11.8 Å². The van der Waals surface area contributed by atoms with Crippen LogP contribution in [0.5, 0.6) is 0 Å². The maximum absolute atomic E-state index is 12.5. The Hall–Kier alpha value is -1.39. The molecule has 1 aliphatic carbocycles. The number of likely N-dealkylation sites (tertiary alicyclic amines) is 1. The summed E-state index contributed by atoms with van der Waals surface area (Å²) in [6.07, 6.45) is 7.87. The van der Waals surface area contributed by atoms with Crippen LogP contribution in [0.3, 0.4) is 0 Å². The highest BCUT2D eigenvalue weighted by Gasteiger charge is 2.31. The second kappa shape index (κ2) is 7.66. The molecule has 4 atom stereocenters. The van der Waals surface area contributed by atoms with Crippen LogP contribution < -0.4 is 0 Å². The summed E-state index contributed by atoms with van der Waals surface area (Å²) in [6, 6.07) is 0. The van der Waals surface area contributed by atoms with Gasteiger partial charge in [-0.05, 0) is 38.0 Å². The molecule has 134 valence electrons. The van der Waals surface area contributed by atoms with Crippen LogP contribution in [0.2, 0.25) is 0 Å². The Kier molecular flexibility index (Phi) is 5.57. The molecule has 0 bridgehead atoms. The van der Waals surface area contributed by atoms with E-state index in [0.717, 1.165) is 50.0 Å². The molecule has 2 aliphatic rings. The van der Waals surface area contributed by atoms with Crippen molar-refractivity contribution in [1.29, 1.82) is 0 Å². The largest absolute Gasteiger partial charge is 0.342 e. The van der Waals surface area contributed by atoms with E-state index in [1.165, 1.54) is 25.7 Å². The summed E-state index contributed by atoms with van der Waals surface area (Å²) in [5.41, 5.74) is 0. The van der Waals surface area contributed by atoms with Gasteiger partial charge in [-0.15, -0.1) is 0 Å². The Morgan fingerprint density at radius 3 is 2.83 bits per heavy atom. The topological polar surface area (TPSA) is 59.2 Å². The van der Waals surface area contributed by atoms with Crippen LogP contribution in [0, 0.1) is 11.8 Å². The lowest BCUT2D eigenvalue weighted by Crippen LogP contribution is -2.41. The molecule has 1 aromatic rings. The van der Waals surface area contributed by atoms with E-state index in [4.69, 9.17) is 9.51 Å². The van der Waals surface area contributed by atoms with Crippen molar-refractivity contribution in [3.8, 4) is 0 Å². The molecule has 0 radical (unpaired) electrons. The Labute approximate surface area is 145 Å². The van der Waals surface area contributed by atoms with Crippen LogP contribution in [0.1, 0.15) is 89.3 Å².